The zero-order valence-electron chi connectivity index (χ0n) is 18.8. The van der Waals surface area contributed by atoms with Crippen molar-refractivity contribution in [1.82, 2.24) is 4.90 Å². The maximum atomic E-state index is 10.5. The predicted molar refractivity (Wildman–Crippen MR) is 123 cm³/mol. The number of rotatable bonds is 21. The van der Waals surface area contributed by atoms with E-state index in [1.165, 1.54) is 103 Å². The molecule has 0 amide bonds. The van der Waals surface area contributed by atoms with E-state index in [1.54, 1.807) is 18.1 Å². The Hall–Kier alpha value is -1.25. The van der Waals surface area contributed by atoms with Gasteiger partial charge in [-0.25, -0.2) is 0 Å². The van der Waals surface area contributed by atoms with Gasteiger partial charge < -0.3 is 10.0 Å². The topological polar surface area (TPSA) is 40.5 Å². The Bertz CT molecular complexity index is 390. The van der Waals surface area contributed by atoms with Crippen molar-refractivity contribution in [3.05, 3.63) is 24.4 Å². The number of hydrogen-bond donors (Lipinski definition) is 1. The lowest BCUT2D eigenvalue weighted by Gasteiger charge is -2.08. The van der Waals surface area contributed by atoms with Crippen molar-refractivity contribution < 1.29 is 9.90 Å². The molecule has 0 saturated carbocycles. The normalized spacial score (nSPS) is 11.6. The third-order valence-corrected chi connectivity index (χ3v) is 5.20. The van der Waals surface area contributed by atoms with Gasteiger partial charge in [0.1, 0.15) is 6.54 Å². The van der Waals surface area contributed by atoms with E-state index < -0.39 is 5.97 Å². The van der Waals surface area contributed by atoms with Gasteiger partial charge in [0.05, 0.1) is 0 Å². The van der Waals surface area contributed by atoms with Crippen LogP contribution in [0.5, 0.6) is 0 Å². The van der Waals surface area contributed by atoms with Gasteiger partial charge in [0, 0.05) is 7.05 Å². The minimum atomic E-state index is -0.802. The number of unbranched alkanes of at least 4 members (excludes halogenated alkanes) is 16. The Morgan fingerprint density at radius 3 is 1.57 bits per heavy atom. The van der Waals surface area contributed by atoms with Gasteiger partial charge in [-0.3, -0.25) is 4.79 Å². The summed E-state index contributed by atoms with van der Waals surface area (Å²) in [6.07, 6.45) is 31.5. The van der Waals surface area contributed by atoms with Crippen molar-refractivity contribution in [3.63, 3.8) is 0 Å². The summed E-state index contributed by atoms with van der Waals surface area (Å²) in [5.74, 6) is -0.802. The van der Waals surface area contributed by atoms with E-state index in [0.29, 0.717) is 0 Å². The number of carboxylic acid groups (broad SMARTS) is 1. The van der Waals surface area contributed by atoms with Gasteiger partial charge in [-0.2, -0.15) is 0 Å². The fraction of sp³-hybridized carbons (Fsp3) is 0.800. The first-order chi connectivity index (χ1) is 13.7. The lowest BCUT2D eigenvalue weighted by atomic mass is 10.0. The highest BCUT2D eigenvalue weighted by Crippen LogP contribution is 2.14. The second-order valence-electron chi connectivity index (χ2n) is 8.17. The first-order valence-corrected chi connectivity index (χ1v) is 11.9. The number of aliphatic carboxylic acids is 1. The Kier molecular flexibility index (Phi) is 21.1. The SMILES string of the molecule is CCCCCCCCCCCCCCCCCCC=CC=CN(C)CC(=O)O. The Balaban J connectivity index is 3.20. The van der Waals surface area contributed by atoms with E-state index >= 15 is 0 Å². The standard InChI is InChI=1S/C25H47NO2/c1-3-4-5-6-7-8-9-10-11-12-13-14-15-16-17-18-19-20-21-22-23-26(2)24-25(27)28/h20-23H,3-19,24H2,1-2H3,(H,27,28). The number of allylic oxidation sites excluding steroid dienone is 3. The molecular weight excluding hydrogens is 346 g/mol. The van der Waals surface area contributed by atoms with Gasteiger partial charge >= 0.3 is 5.97 Å². The zero-order valence-corrected chi connectivity index (χ0v) is 18.8. The van der Waals surface area contributed by atoms with E-state index in [2.05, 4.69) is 13.0 Å². The lowest BCUT2D eigenvalue weighted by molar-refractivity contribution is -0.137. The fourth-order valence-electron chi connectivity index (χ4n) is 3.45. The molecule has 0 aliphatic carbocycles. The van der Waals surface area contributed by atoms with E-state index in [9.17, 15) is 4.79 Å². The second kappa shape index (κ2) is 22.0. The highest BCUT2D eigenvalue weighted by molar-refractivity contribution is 5.69. The first kappa shape index (κ1) is 26.8. The Morgan fingerprint density at radius 2 is 1.14 bits per heavy atom. The minimum absolute atomic E-state index is 0.0451. The third kappa shape index (κ3) is 22.8. The summed E-state index contributed by atoms with van der Waals surface area (Å²) in [6, 6.07) is 0. The third-order valence-electron chi connectivity index (χ3n) is 5.20. The summed E-state index contributed by atoms with van der Waals surface area (Å²) in [5, 5.41) is 8.66. The molecular formula is C25H47NO2. The second-order valence-corrected chi connectivity index (χ2v) is 8.17. The van der Waals surface area contributed by atoms with E-state index in [1.807, 2.05) is 12.2 Å². The number of likely N-dealkylation sites (N-methyl/N-ethyl adjacent to an activating group) is 1. The summed E-state index contributed by atoms with van der Waals surface area (Å²) in [7, 11) is 1.77. The summed E-state index contributed by atoms with van der Waals surface area (Å²) in [4.78, 5) is 12.2. The molecule has 0 aromatic heterocycles. The molecule has 3 nitrogen and oxygen atoms in total. The number of nitrogens with zero attached hydrogens (tertiary/aromatic N) is 1. The van der Waals surface area contributed by atoms with Gasteiger partial charge in [0.2, 0.25) is 0 Å². The van der Waals surface area contributed by atoms with Crippen LogP contribution in [0, 0.1) is 0 Å². The largest absolute Gasteiger partial charge is 0.480 e. The molecule has 0 bridgehead atoms. The molecule has 0 atom stereocenters. The van der Waals surface area contributed by atoms with E-state index in [0.717, 1.165) is 6.42 Å². The van der Waals surface area contributed by atoms with Crippen molar-refractivity contribution >= 4 is 5.97 Å². The van der Waals surface area contributed by atoms with Crippen LogP contribution in [0.1, 0.15) is 116 Å². The molecule has 0 aliphatic heterocycles. The van der Waals surface area contributed by atoms with Gasteiger partial charge in [-0.15, -0.1) is 0 Å². The van der Waals surface area contributed by atoms with Gasteiger partial charge in [0.25, 0.3) is 0 Å². The van der Waals surface area contributed by atoms with E-state index in [4.69, 9.17) is 5.11 Å². The maximum Gasteiger partial charge on any atom is 0.323 e. The fourth-order valence-corrected chi connectivity index (χ4v) is 3.45. The highest BCUT2D eigenvalue weighted by Gasteiger charge is 1.97. The van der Waals surface area contributed by atoms with Gasteiger partial charge in [-0.05, 0) is 25.1 Å². The van der Waals surface area contributed by atoms with Crippen LogP contribution < -0.4 is 0 Å². The van der Waals surface area contributed by atoms with Crippen LogP contribution in [-0.2, 0) is 4.79 Å². The molecule has 0 spiro atoms. The number of carbonyl (C=O) groups is 1. The average molecular weight is 394 g/mol. The molecule has 3 heteroatoms. The van der Waals surface area contributed by atoms with Gasteiger partial charge in [0.15, 0.2) is 0 Å². The van der Waals surface area contributed by atoms with Crippen molar-refractivity contribution in [3.8, 4) is 0 Å². The Morgan fingerprint density at radius 1 is 0.714 bits per heavy atom. The number of hydrogen-bond acceptors (Lipinski definition) is 2. The van der Waals surface area contributed by atoms with Crippen molar-refractivity contribution in [2.24, 2.45) is 0 Å². The lowest BCUT2D eigenvalue weighted by Crippen LogP contribution is -2.19. The van der Waals surface area contributed by atoms with Crippen LogP contribution in [0.4, 0.5) is 0 Å². The van der Waals surface area contributed by atoms with Crippen LogP contribution in [-0.4, -0.2) is 29.6 Å². The van der Waals surface area contributed by atoms with Crippen LogP contribution in [0.15, 0.2) is 24.4 Å². The van der Waals surface area contributed by atoms with Gasteiger partial charge in [-0.1, -0.05) is 115 Å². The molecule has 1 N–H and O–H groups in total. The smallest absolute Gasteiger partial charge is 0.323 e. The monoisotopic (exact) mass is 393 g/mol. The molecule has 0 unspecified atom stereocenters. The van der Waals surface area contributed by atoms with Crippen LogP contribution in [0.2, 0.25) is 0 Å². The maximum absolute atomic E-state index is 10.5. The predicted octanol–water partition coefficient (Wildman–Crippen LogP) is 7.72. The summed E-state index contributed by atoms with van der Waals surface area (Å²) in [5.41, 5.74) is 0. The molecule has 164 valence electrons. The molecule has 0 heterocycles. The average Bonchev–Trinajstić information content (AvgIpc) is 2.66. The molecule has 0 fully saturated rings. The van der Waals surface area contributed by atoms with Crippen LogP contribution in [0.25, 0.3) is 0 Å². The zero-order chi connectivity index (χ0) is 20.7. The molecule has 0 radical (unpaired) electrons. The number of carboxylic acids is 1. The summed E-state index contributed by atoms with van der Waals surface area (Å²) < 4.78 is 0. The van der Waals surface area contributed by atoms with Crippen LogP contribution in [0.3, 0.4) is 0 Å². The Labute approximate surface area is 175 Å². The van der Waals surface area contributed by atoms with Crippen LogP contribution >= 0.6 is 0 Å². The molecule has 0 aromatic rings. The summed E-state index contributed by atoms with van der Waals surface area (Å²) in [6.45, 7) is 2.33. The quantitative estimate of drug-likeness (QED) is 0.160. The van der Waals surface area contributed by atoms with Crippen molar-refractivity contribution in [1.29, 1.82) is 0 Å². The van der Waals surface area contributed by atoms with Crippen molar-refractivity contribution in [2.45, 2.75) is 116 Å². The molecule has 0 aromatic carbocycles. The summed E-state index contributed by atoms with van der Waals surface area (Å²) >= 11 is 0. The van der Waals surface area contributed by atoms with Crippen molar-refractivity contribution in [2.75, 3.05) is 13.6 Å². The minimum Gasteiger partial charge on any atom is -0.480 e. The van der Waals surface area contributed by atoms with E-state index in [-0.39, 0.29) is 6.54 Å². The molecule has 28 heavy (non-hydrogen) atoms. The molecule has 0 saturated heterocycles. The molecule has 0 rings (SSSR count). The molecule has 0 aliphatic rings. The first-order valence-electron chi connectivity index (χ1n) is 11.9. The highest BCUT2D eigenvalue weighted by atomic mass is 16.4.